The number of carbonyl (C=O) groups excluding carboxylic acids is 1. The highest BCUT2D eigenvalue weighted by atomic mass is 16.5. The Bertz CT molecular complexity index is 322. The summed E-state index contributed by atoms with van der Waals surface area (Å²) in [5.41, 5.74) is -0.206. The smallest absolute Gasteiger partial charge is 0.164 e. The molecule has 0 aromatic carbocycles. The Morgan fingerprint density at radius 3 is 1.95 bits per heavy atom. The molecule has 0 heterocycles. The summed E-state index contributed by atoms with van der Waals surface area (Å²) in [7, 11) is 0. The number of ether oxygens (including phenoxy) is 2. The van der Waals surface area contributed by atoms with E-state index in [1.165, 1.54) is 0 Å². The minimum atomic E-state index is -0.326. The lowest BCUT2D eigenvalue weighted by molar-refractivity contribution is -0.134. The van der Waals surface area contributed by atoms with E-state index in [1.807, 2.05) is 13.8 Å². The van der Waals surface area contributed by atoms with Crippen molar-refractivity contribution in [3.8, 4) is 0 Å². The Morgan fingerprint density at radius 2 is 1.45 bits per heavy atom. The highest BCUT2D eigenvalue weighted by molar-refractivity contribution is 5.85. The fourth-order valence-corrected chi connectivity index (χ4v) is 1.54. The van der Waals surface area contributed by atoms with Gasteiger partial charge in [0.15, 0.2) is 5.78 Å². The summed E-state index contributed by atoms with van der Waals surface area (Å²) in [6.07, 6.45) is 0. The van der Waals surface area contributed by atoms with Crippen molar-refractivity contribution in [2.45, 2.75) is 60.9 Å². The van der Waals surface area contributed by atoms with Gasteiger partial charge in [-0.25, -0.2) is 0 Å². The predicted octanol–water partition coefficient (Wildman–Crippen LogP) is 3.30. The zero-order valence-corrected chi connectivity index (χ0v) is 15.9. The highest BCUT2D eigenvalue weighted by Crippen LogP contribution is 2.27. The van der Waals surface area contributed by atoms with Crippen molar-refractivity contribution in [1.29, 1.82) is 0 Å². The van der Waals surface area contributed by atoms with Crippen LogP contribution >= 0.6 is 0 Å². The number of hydrogen-bond donors (Lipinski definition) is 1. The molecule has 0 aliphatic carbocycles. The minimum absolute atomic E-state index is 0.120. The number of nitrogens with one attached hydrogen (secondary N) is 1. The molecule has 4 heteroatoms. The van der Waals surface area contributed by atoms with Crippen molar-refractivity contribution in [1.82, 2.24) is 5.32 Å². The van der Waals surface area contributed by atoms with Gasteiger partial charge < -0.3 is 14.8 Å². The SMILES string of the molecule is CC(C)C(C)(C)NCCOCCOCC(=O)C(C)(C)C(C)C. The van der Waals surface area contributed by atoms with Crippen molar-refractivity contribution in [2.24, 2.45) is 17.3 Å². The van der Waals surface area contributed by atoms with Crippen molar-refractivity contribution < 1.29 is 14.3 Å². The average molecular weight is 315 g/mol. The first-order chi connectivity index (χ1) is 10.0. The first kappa shape index (κ1) is 21.6. The molecular weight excluding hydrogens is 278 g/mol. The van der Waals surface area contributed by atoms with Gasteiger partial charge in [-0.1, -0.05) is 41.5 Å². The topological polar surface area (TPSA) is 47.6 Å². The van der Waals surface area contributed by atoms with Crippen molar-refractivity contribution >= 4 is 5.78 Å². The Balaban J connectivity index is 3.66. The van der Waals surface area contributed by atoms with Gasteiger partial charge in [0, 0.05) is 17.5 Å². The van der Waals surface area contributed by atoms with Crippen LogP contribution in [-0.2, 0) is 14.3 Å². The summed E-state index contributed by atoms with van der Waals surface area (Å²) < 4.78 is 10.9. The number of Topliss-reactive ketones (excluding diaryl/α,β-unsaturated/α-hetero) is 1. The van der Waals surface area contributed by atoms with Gasteiger partial charge in [0.2, 0.25) is 0 Å². The number of rotatable bonds is 12. The van der Waals surface area contributed by atoms with E-state index in [9.17, 15) is 4.79 Å². The zero-order valence-electron chi connectivity index (χ0n) is 15.9. The van der Waals surface area contributed by atoms with Crippen LogP contribution < -0.4 is 5.32 Å². The quantitative estimate of drug-likeness (QED) is 0.561. The van der Waals surface area contributed by atoms with Crippen LogP contribution in [-0.4, -0.2) is 44.3 Å². The van der Waals surface area contributed by atoms with Gasteiger partial charge in [-0.2, -0.15) is 0 Å². The molecule has 1 N–H and O–H groups in total. The van der Waals surface area contributed by atoms with Crippen molar-refractivity contribution in [3.05, 3.63) is 0 Å². The van der Waals surface area contributed by atoms with E-state index in [2.05, 4.69) is 46.9 Å². The van der Waals surface area contributed by atoms with E-state index in [-0.39, 0.29) is 23.3 Å². The van der Waals surface area contributed by atoms with Gasteiger partial charge >= 0.3 is 0 Å². The molecule has 0 rings (SSSR count). The molecule has 4 nitrogen and oxygen atoms in total. The van der Waals surface area contributed by atoms with E-state index >= 15 is 0 Å². The second-order valence-electron chi connectivity index (χ2n) is 7.77. The lowest BCUT2D eigenvalue weighted by Crippen LogP contribution is -2.45. The van der Waals surface area contributed by atoms with Gasteiger partial charge in [-0.05, 0) is 25.7 Å². The van der Waals surface area contributed by atoms with E-state index in [0.29, 0.717) is 31.7 Å². The van der Waals surface area contributed by atoms with E-state index in [0.717, 1.165) is 6.54 Å². The highest BCUT2D eigenvalue weighted by Gasteiger charge is 2.30. The molecule has 132 valence electrons. The third kappa shape index (κ3) is 7.70. The van der Waals surface area contributed by atoms with Crippen molar-refractivity contribution in [3.63, 3.8) is 0 Å². The summed E-state index contributed by atoms with van der Waals surface area (Å²) in [5, 5.41) is 3.48. The van der Waals surface area contributed by atoms with Crippen LogP contribution in [0.2, 0.25) is 0 Å². The predicted molar refractivity (Wildman–Crippen MR) is 92.2 cm³/mol. The monoisotopic (exact) mass is 315 g/mol. The lowest BCUT2D eigenvalue weighted by atomic mass is 9.78. The standard InChI is InChI=1S/C18H37NO3/c1-14(2)17(5,6)16(20)13-22-12-11-21-10-9-19-18(7,8)15(3)4/h14-15,19H,9-13H2,1-8H3. The van der Waals surface area contributed by atoms with Crippen molar-refractivity contribution in [2.75, 3.05) is 33.0 Å². The molecule has 0 aliphatic rings. The maximum atomic E-state index is 12.0. The summed E-state index contributed by atoms with van der Waals surface area (Å²) in [5.74, 6) is 1.05. The van der Waals surface area contributed by atoms with E-state index < -0.39 is 0 Å². The van der Waals surface area contributed by atoms with Crippen LogP contribution in [0.5, 0.6) is 0 Å². The fraction of sp³-hybridized carbons (Fsp3) is 0.944. The van der Waals surface area contributed by atoms with E-state index in [1.54, 1.807) is 0 Å². The number of ketones is 1. The molecule has 0 amide bonds. The maximum absolute atomic E-state index is 12.0. The lowest BCUT2D eigenvalue weighted by Gasteiger charge is -2.30. The summed E-state index contributed by atoms with van der Waals surface area (Å²) in [6.45, 7) is 19.5. The van der Waals surface area contributed by atoms with Gasteiger partial charge in [0.05, 0.1) is 19.8 Å². The molecule has 0 bridgehead atoms. The molecular formula is C18H37NO3. The van der Waals surface area contributed by atoms with Crippen LogP contribution in [0.3, 0.4) is 0 Å². The van der Waals surface area contributed by atoms with Gasteiger partial charge in [0.25, 0.3) is 0 Å². The Hall–Kier alpha value is -0.450. The molecule has 22 heavy (non-hydrogen) atoms. The zero-order chi connectivity index (χ0) is 17.4. The molecule has 0 fully saturated rings. The van der Waals surface area contributed by atoms with E-state index in [4.69, 9.17) is 9.47 Å². The van der Waals surface area contributed by atoms with Crippen LogP contribution in [0.25, 0.3) is 0 Å². The molecule has 0 atom stereocenters. The Labute approximate surface area is 137 Å². The largest absolute Gasteiger partial charge is 0.378 e. The summed E-state index contributed by atoms with van der Waals surface area (Å²) >= 11 is 0. The molecule has 0 radical (unpaired) electrons. The van der Waals surface area contributed by atoms with Gasteiger partial charge in [-0.3, -0.25) is 4.79 Å². The minimum Gasteiger partial charge on any atom is -0.378 e. The second-order valence-corrected chi connectivity index (χ2v) is 7.77. The summed E-state index contributed by atoms with van der Waals surface area (Å²) in [6, 6.07) is 0. The first-order valence-corrected chi connectivity index (χ1v) is 8.45. The first-order valence-electron chi connectivity index (χ1n) is 8.45. The average Bonchev–Trinajstić information content (AvgIpc) is 2.40. The Morgan fingerprint density at radius 1 is 0.909 bits per heavy atom. The Kier molecular flexibility index (Phi) is 9.44. The molecule has 0 spiro atoms. The molecule has 0 aliphatic heterocycles. The number of carbonyl (C=O) groups is 1. The normalized spacial score (nSPS) is 13.2. The van der Waals surface area contributed by atoms with Crippen LogP contribution in [0.4, 0.5) is 0 Å². The second kappa shape index (κ2) is 9.64. The van der Waals surface area contributed by atoms with Crippen LogP contribution in [0.1, 0.15) is 55.4 Å². The van der Waals surface area contributed by atoms with Gasteiger partial charge in [-0.15, -0.1) is 0 Å². The third-order valence-electron chi connectivity index (χ3n) is 5.04. The fourth-order valence-electron chi connectivity index (χ4n) is 1.54. The molecule has 0 saturated heterocycles. The van der Waals surface area contributed by atoms with Gasteiger partial charge in [0.1, 0.15) is 6.61 Å². The molecule has 0 saturated carbocycles. The number of hydrogen-bond acceptors (Lipinski definition) is 4. The molecule has 0 unspecified atom stereocenters. The molecule has 0 aromatic rings. The molecule has 0 aromatic heterocycles. The van der Waals surface area contributed by atoms with Crippen LogP contribution in [0.15, 0.2) is 0 Å². The third-order valence-corrected chi connectivity index (χ3v) is 5.04. The summed E-state index contributed by atoms with van der Waals surface area (Å²) in [4.78, 5) is 12.0. The maximum Gasteiger partial charge on any atom is 0.164 e. The van der Waals surface area contributed by atoms with Crippen LogP contribution in [0, 0.1) is 17.3 Å².